The Morgan fingerprint density at radius 1 is 0.248 bits per heavy atom. The third-order valence-electron chi connectivity index (χ3n) is 21.2. The summed E-state index contributed by atoms with van der Waals surface area (Å²) in [4.78, 5) is 14.7. The molecule has 16 aromatic carbocycles. The highest BCUT2D eigenvalue weighted by Crippen LogP contribution is 2.55. The molecule has 20 rings (SSSR count). The molecule has 0 aromatic heterocycles. The van der Waals surface area contributed by atoms with Crippen molar-refractivity contribution in [1.29, 1.82) is 0 Å². The molecule has 0 bridgehead atoms. The number of halogens is 1. The van der Waals surface area contributed by atoms with E-state index in [0.29, 0.717) is 0 Å². The number of fused-ring (bicyclic) bond motifs is 8. The van der Waals surface area contributed by atoms with Crippen LogP contribution in [-0.4, -0.2) is 13.4 Å². The molecule has 492 valence electrons. The quantitative estimate of drug-likeness (QED) is 0.106. The second-order valence-corrected chi connectivity index (χ2v) is 28.3. The second-order valence-electron chi connectivity index (χ2n) is 27.2. The Morgan fingerprint density at radius 3 is 1.18 bits per heavy atom. The summed E-state index contributed by atoms with van der Waals surface area (Å²) in [5.74, 6) is -0.320. The maximum atomic E-state index is 17.6. The van der Waals surface area contributed by atoms with Gasteiger partial charge in [-0.2, -0.15) is 0 Å². The Labute approximate surface area is 616 Å². The van der Waals surface area contributed by atoms with Crippen LogP contribution in [0.2, 0.25) is 0 Å². The monoisotopic (exact) mass is 1360 g/mol. The van der Waals surface area contributed by atoms with Crippen molar-refractivity contribution in [3.63, 3.8) is 0 Å². The van der Waals surface area contributed by atoms with Crippen molar-refractivity contribution in [1.82, 2.24) is 0 Å². The van der Waals surface area contributed by atoms with Crippen LogP contribution in [0, 0.1) is 5.82 Å². The lowest BCUT2D eigenvalue weighted by Gasteiger charge is -2.46. The lowest BCUT2D eigenvalue weighted by atomic mass is 9.31. The highest BCUT2D eigenvalue weighted by Gasteiger charge is 2.48. The van der Waals surface area contributed by atoms with Crippen LogP contribution < -0.4 is 57.3 Å². The summed E-state index contributed by atoms with van der Waals surface area (Å²) in [6, 6.07) is 140. The molecule has 4 aliphatic rings. The van der Waals surface area contributed by atoms with E-state index in [-0.39, 0.29) is 19.2 Å². The Hall–Kier alpha value is -13.1. The largest absolute Gasteiger partial charge is 0.311 e. The van der Waals surface area contributed by atoms with Crippen molar-refractivity contribution < 1.29 is 4.39 Å². The molecule has 0 radical (unpaired) electrons. The minimum atomic E-state index is -0.320. The van der Waals surface area contributed by atoms with Crippen molar-refractivity contribution in [3.8, 4) is 44.5 Å². The third kappa shape index (κ3) is 10.5. The van der Waals surface area contributed by atoms with Gasteiger partial charge in [0.05, 0.1) is 17.1 Å². The summed E-state index contributed by atoms with van der Waals surface area (Å²) in [6.45, 7) is -0.483. The van der Waals surface area contributed by atoms with Crippen LogP contribution in [0.4, 0.5) is 89.7 Å². The normalized spacial score (nSPS) is 12.7. The van der Waals surface area contributed by atoms with Gasteiger partial charge in [0.1, 0.15) is 5.82 Å². The molecular weight excluding hydrogens is 1300 g/mol. The van der Waals surface area contributed by atoms with Crippen LogP contribution in [-0.2, 0) is 0 Å². The molecule has 0 unspecified atom stereocenters. The van der Waals surface area contributed by atoms with Crippen molar-refractivity contribution in [2.75, 3.05) is 24.5 Å². The number of para-hydroxylation sites is 7. The molecule has 0 amide bonds. The molecule has 4 heterocycles. The van der Waals surface area contributed by atoms with Gasteiger partial charge in [-0.1, -0.05) is 284 Å². The molecule has 105 heavy (non-hydrogen) atoms. The van der Waals surface area contributed by atoms with Crippen LogP contribution in [0.25, 0.3) is 44.5 Å². The first-order valence-corrected chi connectivity index (χ1v) is 36.7. The molecule has 0 saturated heterocycles. The molecule has 0 saturated carbocycles. The van der Waals surface area contributed by atoms with Crippen LogP contribution in [0.1, 0.15) is 0 Å². The van der Waals surface area contributed by atoms with E-state index in [0.717, 1.165) is 146 Å². The van der Waals surface area contributed by atoms with Gasteiger partial charge >= 0.3 is 0 Å². The Balaban J connectivity index is 0.915. The maximum absolute atomic E-state index is 17.6. The molecule has 16 aromatic rings. The molecule has 5 nitrogen and oxygen atoms in total. The summed E-state index contributed by atoms with van der Waals surface area (Å²) in [6.07, 6.45) is 0. The van der Waals surface area contributed by atoms with Crippen LogP contribution in [0.15, 0.2) is 398 Å². The van der Waals surface area contributed by atoms with E-state index in [4.69, 9.17) is 0 Å². The highest BCUT2D eigenvalue weighted by atomic mass is 32.2. The number of hydrogen-bond donors (Lipinski definition) is 0. The first-order chi connectivity index (χ1) is 52.0. The second kappa shape index (κ2) is 25.8. The minimum absolute atomic E-state index is 0.183. The molecular formula is C96H64B2FN5S. The van der Waals surface area contributed by atoms with E-state index in [1.807, 2.05) is 23.9 Å². The lowest BCUT2D eigenvalue weighted by molar-refractivity contribution is 0.629. The predicted octanol–water partition coefficient (Wildman–Crippen LogP) is 22.3. The van der Waals surface area contributed by atoms with Crippen molar-refractivity contribution >= 4 is 143 Å². The van der Waals surface area contributed by atoms with Crippen molar-refractivity contribution in [3.05, 3.63) is 394 Å². The van der Waals surface area contributed by atoms with Gasteiger partial charge in [0.15, 0.2) is 0 Å². The van der Waals surface area contributed by atoms with E-state index in [1.54, 1.807) is 12.1 Å². The summed E-state index contributed by atoms with van der Waals surface area (Å²) >= 11 is 1.85. The van der Waals surface area contributed by atoms with Gasteiger partial charge in [0.2, 0.25) is 6.71 Å². The molecule has 0 N–H and O–H groups in total. The van der Waals surface area contributed by atoms with Crippen molar-refractivity contribution in [2.45, 2.75) is 9.79 Å². The van der Waals surface area contributed by atoms with Gasteiger partial charge in [-0.3, -0.25) is 0 Å². The zero-order chi connectivity index (χ0) is 69.5. The van der Waals surface area contributed by atoms with Crippen LogP contribution >= 0.6 is 11.8 Å². The fraction of sp³-hybridized carbons (Fsp3) is 0. The van der Waals surface area contributed by atoms with Gasteiger partial charge in [-0.05, 0) is 176 Å². The SMILES string of the molecule is Fc1cc(-c2ccccc2)c(N2c3cc4c(cc3B3c5ccccc5N(c5ccccc5)c5cc(N(c6ccc(-c7ccccc7)cc6)c6ccccc6-c6ccccc6)cc2c53)B2c3ccccc3N(c3ccccc3)c3cc(N(c5ccccc5)c5ccccc5)cc(c32)S4)c(-c2ccccc2)c1. The molecule has 0 spiro atoms. The van der Waals surface area contributed by atoms with Gasteiger partial charge < -0.3 is 24.5 Å². The number of nitrogens with zero attached hydrogens (tertiary/aromatic N) is 5. The van der Waals surface area contributed by atoms with E-state index in [1.165, 1.54) is 26.7 Å². The fourth-order valence-electron chi connectivity index (χ4n) is 16.8. The summed E-state index contributed by atoms with van der Waals surface area (Å²) in [5.41, 5.74) is 30.5. The maximum Gasteiger partial charge on any atom is 0.252 e. The molecule has 0 aliphatic carbocycles. The first-order valence-electron chi connectivity index (χ1n) is 35.9. The molecule has 0 atom stereocenters. The Kier molecular flexibility index (Phi) is 15.2. The van der Waals surface area contributed by atoms with E-state index >= 15 is 4.39 Å². The Bertz CT molecular complexity index is 5880. The predicted molar refractivity (Wildman–Crippen MR) is 441 cm³/mol. The number of rotatable bonds is 13. The van der Waals surface area contributed by atoms with Gasteiger partial charge in [0.25, 0.3) is 6.71 Å². The topological polar surface area (TPSA) is 16.2 Å². The fourth-order valence-corrected chi connectivity index (χ4v) is 18.0. The zero-order valence-electron chi connectivity index (χ0n) is 57.1. The first kappa shape index (κ1) is 61.8. The highest BCUT2D eigenvalue weighted by molar-refractivity contribution is 8.00. The number of hydrogen-bond acceptors (Lipinski definition) is 6. The number of benzene rings is 16. The summed E-state index contributed by atoms with van der Waals surface area (Å²) < 4.78 is 17.6. The summed E-state index contributed by atoms with van der Waals surface area (Å²) in [7, 11) is 0. The molecule has 0 fully saturated rings. The van der Waals surface area contributed by atoms with Gasteiger partial charge in [0, 0.05) is 94.7 Å². The average Bonchev–Trinajstić information content (AvgIpc) is 0.685. The van der Waals surface area contributed by atoms with Crippen molar-refractivity contribution in [2.24, 2.45) is 0 Å². The Morgan fingerprint density at radius 2 is 0.648 bits per heavy atom. The third-order valence-corrected chi connectivity index (χ3v) is 22.4. The van der Waals surface area contributed by atoms with Gasteiger partial charge in [-0.25, -0.2) is 4.39 Å². The summed E-state index contributed by atoms with van der Waals surface area (Å²) in [5, 5.41) is 0. The van der Waals surface area contributed by atoms with Gasteiger partial charge in [-0.15, -0.1) is 0 Å². The standard InChI is InChI=1S/C96H64B2FN5S/c99-70-57-79(68-35-13-3-14-36-68)96(80(58-70)69-37-15-4-16-38-69)104-88-64-92-84(98-82-49-27-30-52-87(82)103(74-45-23-8-24-46-74)91-61-77(62-93(105-92)95(91)98)100(71-39-17-5-18-40-71)72-41-19-6-20-42-72)63-83(88)97-81-48-26-29-51-86(81)102(73-43-21-7-22-44-73)89-59-76(60-90(104)94(89)97)101(75-55-53-66(54-56-75)65-31-9-1-10-32-65)85-50-28-25-47-78(85)67-33-11-2-12-34-67/h1-64H. The lowest BCUT2D eigenvalue weighted by Crippen LogP contribution is -2.64. The molecule has 9 heteroatoms. The number of anilines is 15. The van der Waals surface area contributed by atoms with E-state index < -0.39 is 0 Å². The van der Waals surface area contributed by atoms with Crippen LogP contribution in [0.3, 0.4) is 0 Å². The smallest absolute Gasteiger partial charge is 0.252 e. The molecule has 4 aliphatic heterocycles. The van der Waals surface area contributed by atoms with Crippen LogP contribution in [0.5, 0.6) is 0 Å². The zero-order valence-corrected chi connectivity index (χ0v) is 57.9. The minimum Gasteiger partial charge on any atom is -0.311 e. The van der Waals surface area contributed by atoms with E-state index in [2.05, 4.69) is 388 Å². The van der Waals surface area contributed by atoms with E-state index in [9.17, 15) is 0 Å². The average molecular weight is 1360 g/mol.